The summed E-state index contributed by atoms with van der Waals surface area (Å²) in [6.07, 6.45) is 7.88. The summed E-state index contributed by atoms with van der Waals surface area (Å²) in [5.41, 5.74) is 0. The largest absolute Gasteiger partial charge is 0.335 e. The number of aromatic nitrogens is 2. The Morgan fingerprint density at radius 3 is 2.84 bits per heavy atom. The molecule has 2 atom stereocenters. The third-order valence-corrected chi connectivity index (χ3v) is 5.74. The molecule has 3 rings (SSSR count). The average molecular weight is 298 g/mol. The van der Waals surface area contributed by atoms with Gasteiger partial charge >= 0.3 is 6.03 Å². The van der Waals surface area contributed by atoms with Crippen LogP contribution >= 0.6 is 23.1 Å². The predicted octanol–water partition coefficient (Wildman–Crippen LogP) is 2.82. The van der Waals surface area contributed by atoms with Crippen molar-refractivity contribution in [1.82, 2.24) is 15.5 Å². The van der Waals surface area contributed by atoms with E-state index in [4.69, 9.17) is 0 Å². The lowest BCUT2D eigenvalue weighted by atomic mass is 10.2. The third kappa shape index (κ3) is 3.39. The summed E-state index contributed by atoms with van der Waals surface area (Å²) in [5, 5.41) is 16.3. The molecule has 1 heterocycles. The van der Waals surface area contributed by atoms with E-state index in [-0.39, 0.29) is 6.03 Å². The van der Waals surface area contributed by atoms with Crippen molar-refractivity contribution < 1.29 is 4.79 Å². The van der Waals surface area contributed by atoms with Gasteiger partial charge in [0.25, 0.3) is 0 Å². The SMILES string of the molecule is CS[C@@H]1CC[C@@H](NC(=O)Nc2nnc(C3CC3)s2)C1. The van der Waals surface area contributed by atoms with Crippen LogP contribution in [0.3, 0.4) is 0 Å². The summed E-state index contributed by atoms with van der Waals surface area (Å²) in [6.45, 7) is 0. The standard InChI is InChI=1S/C12H18N4OS2/c1-18-9-5-4-8(6-9)13-11(17)14-12-16-15-10(19-12)7-2-3-7/h7-9H,2-6H2,1H3,(H2,13,14,16,17)/t8-,9-/m1/s1. The molecule has 2 fully saturated rings. The Morgan fingerprint density at radius 1 is 1.32 bits per heavy atom. The molecule has 2 aliphatic rings. The molecule has 0 unspecified atom stereocenters. The fraction of sp³-hybridized carbons (Fsp3) is 0.750. The first-order valence-electron chi connectivity index (χ1n) is 6.68. The highest BCUT2D eigenvalue weighted by Gasteiger charge is 2.28. The van der Waals surface area contributed by atoms with Crippen LogP contribution in [-0.4, -0.2) is 33.8 Å². The molecule has 2 aliphatic carbocycles. The van der Waals surface area contributed by atoms with Gasteiger partial charge in [-0.2, -0.15) is 11.8 Å². The Kier molecular flexibility index (Phi) is 3.93. The van der Waals surface area contributed by atoms with Crippen LogP contribution in [0.4, 0.5) is 9.93 Å². The van der Waals surface area contributed by atoms with Crippen LogP contribution in [0, 0.1) is 0 Å². The van der Waals surface area contributed by atoms with E-state index in [1.54, 1.807) is 0 Å². The molecule has 0 bridgehead atoms. The Labute approximate surface area is 121 Å². The quantitative estimate of drug-likeness (QED) is 0.897. The van der Waals surface area contributed by atoms with E-state index in [9.17, 15) is 4.79 Å². The highest BCUT2D eigenvalue weighted by atomic mass is 32.2. The number of hydrogen-bond acceptors (Lipinski definition) is 5. The van der Waals surface area contributed by atoms with Gasteiger partial charge in [0, 0.05) is 17.2 Å². The molecular formula is C12H18N4OS2. The molecule has 1 aromatic rings. The molecule has 0 radical (unpaired) electrons. The van der Waals surface area contributed by atoms with E-state index < -0.39 is 0 Å². The van der Waals surface area contributed by atoms with Gasteiger partial charge in [-0.15, -0.1) is 10.2 Å². The summed E-state index contributed by atoms with van der Waals surface area (Å²) >= 11 is 3.39. The number of rotatable bonds is 4. The second-order valence-corrected chi connectivity index (χ2v) is 7.33. The highest BCUT2D eigenvalue weighted by molar-refractivity contribution is 7.99. The average Bonchev–Trinajstić information content (AvgIpc) is 2.98. The van der Waals surface area contributed by atoms with E-state index >= 15 is 0 Å². The number of nitrogens with one attached hydrogen (secondary N) is 2. The molecular weight excluding hydrogens is 280 g/mol. The monoisotopic (exact) mass is 298 g/mol. The van der Waals surface area contributed by atoms with Crippen LogP contribution in [0.1, 0.15) is 43.0 Å². The lowest BCUT2D eigenvalue weighted by molar-refractivity contribution is 0.248. The summed E-state index contributed by atoms with van der Waals surface area (Å²) in [4.78, 5) is 11.9. The van der Waals surface area contributed by atoms with Crippen molar-refractivity contribution in [1.29, 1.82) is 0 Å². The van der Waals surface area contributed by atoms with E-state index in [2.05, 4.69) is 27.1 Å². The molecule has 0 spiro atoms. The maximum Gasteiger partial charge on any atom is 0.321 e. The van der Waals surface area contributed by atoms with E-state index in [0.717, 1.165) is 17.8 Å². The Balaban J connectivity index is 1.47. The minimum absolute atomic E-state index is 0.148. The molecule has 104 valence electrons. The minimum Gasteiger partial charge on any atom is -0.335 e. The first kappa shape index (κ1) is 13.2. The van der Waals surface area contributed by atoms with Gasteiger partial charge in [0.1, 0.15) is 5.01 Å². The topological polar surface area (TPSA) is 66.9 Å². The van der Waals surface area contributed by atoms with Crippen LogP contribution in [0.5, 0.6) is 0 Å². The lowest BCUT2D eigenvalue weighted by Crippen LogP contribution is -2.36. The number of hydrogen-bond donors (Lipinski definition) is 2. The van der Waals surface area contributed by atoms with Crippen molar-refractivity contribution in [3.05, 3.63) is 5.01 Å². The lowest BCUT2D eigenvalue weighted by Gasteiger charge is -2.12. The first-order valence-corrected chi connectivity index (χ1v) is 8.78. The smallest absolute Gasteiger partial charge is 0.321 e. The molecule has 2 N–H and O–H groups in total. The molecule has 5 nitrogen and oxygen atoms in total. The van der Waals surface area contributed by atoms with Crippen molar-refractivity contribution in [3.8, 4) is 0 Å². The zero-order chi connectivity index (χ0) is 13.2. The van der Waals surface area contributed by atoms with Gasteiger partial charge < -0.3 is 5.32 Å². The van der Waals surface area contributed by atoms with Crippen molar-refractivity contribution in [2.75, 3.05) is 11.6 Å². The van der Waals surface area contributed by atoms with Crippen LogP contribution in [0.25, 0.3) is 0 Å². The third-order valence-electron chi connectivity index (χ3n) is 3.64. The molecule has 0 aromatic carbocycles. The van der Waals surface area contributed by atoms with E-state index in [1.807, 2.05) is 11.8 Å². The molecule has 0 saturated heterocycles. The minimum atomic E-state index is -0.148. The van der Waals surface area contributed by atoms with Crippen LogP contribution in [-0.2, 0) is 0 Å². The van der Waals surface area contributed by atoms with Gasteiger partial charge in [-0.05, 0) is 38.4 Å². The van der Waals surface area contributed by atoms with Gasteiger partial charge in [-0.1, -0.05) is 11.3 Å². The van der Waals surface area contributed by atoms with Crippen molar-refractivity contribution in [2.24, 2.45) is 0 Å². The number of nitrogens with zero attached hydrogens (tertiary/aromatic N) is 2. The predicted molar refractivity (Wildman–Crippen MR) is 79.0 cm³/mol. The van der Waals surface area contributed by atoms with Gasteiger partial charge in [0.15, 0.2) is 0 Å². The number of carbonyl (C=O) groups is 1. The Morgan fingerprint density at radius 2 is 2.16 bits per heavy atom. The van der Waals surface area contributed by atoms with Crippen LogP contribution in [0.15, 0.2) is 0 Å². The zero-order valence-electron chi connectivity index (χ0n) is 10.9. The highest BCUT2D eigenvalue weighted by Crippen LogP contribution is 2.42. The van der Waals surface area contributed by atoms with E-state index in [0.29, 0.717) is 22.3 Å². The van der Waals surface area contributed by atoms with Crippen molar-refractivity contribution >= 4 is 34.3 Å². The maximum absolute atomic E-state index is 11.9. The zero-order valence-corrected chi connectivity index (χ0v) is 12.5. The maximum atomic E-state index is 11.9. The van der Waals surface area contributed by atoms with Crippen LogP contribution < -0.4 is 10.6 Å². The van der Waals surface area contributed by atoms with Crippen molar-refractivity contribution in [2.45, 2.75) is 49.3 Å². The van der Waals surface area contributed by atoms with E-state index in [1.165, 1.54) is 30.6 Å². The molecule has 0 aliphatic heterocycles. The second kappa shape index (κ2) is 5.66. The fourth-order valence-electron chi connectivity index (χ4n) is 2.38. The molecule has 2 saturated carbocycles. The number of urea groups is 1. The normalized spacial score (nSPS) is 26.4. The Hall–Kier alpha value is -0.820. The Bertz CT molecular complexity index is 460. The van der Waals surface area contributed by atoms with Gasteiger partial charge in [-0.3, -0.25) is 5.32 Å². The molecule has 1 aromatic heterocycles. The summed E-state index contributed by atoms with van der Waals surface area (Å²) < 4.78 is 0. The fourth-order valence-corrected chi connectivity index (χ4v) is 4.09. The number of carbonyl (C=O) groups excluding carboxylic acids is 1. The first-order chi connectivity index (χ1) is 9.24. The summed E-state index contributed by atoms with van der Waals surface area (Å²) in [5.74, 6) is 0.591. The number of anilines is 1. The number of amides is 2. The van der Waals surface area contributed by atoms with Crippen LogP contribution in [0.2, 0.25) is 0 Å². The molecule has 2 amide bonds. The molecule has 7 heteroatoms. The van der Waals surface area contributed by atoms with Crippen molar-refractivity contribution in [3.63, 3.8) is 0 Å². The van der Waals surface area contributed by atoms with Gasteiger partial charge in [0.05, 0.1) is 0 Å². The summed E-state index contributed by atoms with van der Waals surface area (Å²) in [7, 11) is 0. The van der Waals surface area contributed by atoms with Gasteiger partial charge in [0.2, 0.25) is 5.13 Å². The molecule has 19 heavy (non-hydrogen) atoms. The number of thioether (sulfide) groups is 1. The summed E-state index contributed by atoms with van der Waals surface area (Å²) in [6, 6.07) is 0.151. The van der Waals surface area contributed by atoms with Gasteiger partial charge in [-0.25, -0.2) is 4.79 Å². The second-order valence-electron chi connectivity index (χ2n) is 5.19.